The summed E-state index contributed by atoms with van der Waals surface area (Å²) in [5.74, 6) is -1.67. The molecule has 0 spiro atoms. The predicted octanol–water partition coefficient (Wildman–Crippen LogP) is -2.19. The Morgan fingerprint density at radius 2 is 1.17 bits per heavy atom. The van der Waals surface area contributed by atoms with E-state index in [1.54, 1.807) is 12.7 Å². The van der Waals surface area contributed by atoms with Gasteiger partial charge in [-0.1, -0.05) is 0 Å². The van der Waals surface area contributed by atoms with E-state index in [0.29, 0.717) is 21.8 Å². The maximum atomic E-state index is 11.7. The summed E-state index contributed by atoms with van der Waals surface area (Å²) < 4.78 is 2.43. The Bertz CT molecular complexity index is 812. The number of rotatable bonds is 11. The molecule has 2 aromatic rings. The van der Waals surface area contributed by atoms with Crippen molar-refractivity contribution in [3.05, 3.63) is 24.0 Å². The van der Waals surface area contributed by atoms with E-state index in [1.165, 1.54) is 0 Å². The normalized spacial score (nSPS) is 14.5. The van der Waals surface area contributed by atoms with Gasteiger partial charge in [0.25, 0.3) is 0 Å². The van der Waals surface area contributed by atoms with Crippen LogP contribution in [0.5, 0.6) is 0 Å². The molecule has 2 aromatic heterocycles. The average Bonchev–Trinajstić information content (AvgIpc) is 3.21. The molecule has 0 radical (unpaired) electrons. The molecule has 0 aliphatic rings. The van der Waals surface area contributed by atoms with Crippen molar-refractivity contribution in [1.82, 2.24) is 19.9 Å². The number of nitrogens with one attached hydrogen (secondary N) is 2. The summed E-state index contributed by atoms with van der Waals surface area (Å²) in [5, 5.41) is 19.2. The molecule has 166 valence electrons. The number of carboxylic acids is 2. The molecule has 0 amide bonds. The molecule has 0 aromatic carbocycles. The van der Waals surface area contributed by atoms with Gasteiger partial charge in [0.05, 0.1) is 0 Å². The van der Waals surface area contributed by atoms with Crippen LogP contribution in [0.3, 0.4) is 0 Å². The number of H-pyrrole nitrogens is 2. The molecule has 0 bridgehead atoms. The fraction of sp³-hybridized carbons (Fsp3) is 0.556. The first kappa shape index (κ1) is 24.6. The van der Waals surface area contributed by atoms with Gasteiger partial charge in [0.15, 0.2) is 0 Å². The second kappa shape index (κ2) is 9.63. The molecule has 30 heavy (non-hydrogen) atoms. The van der Waals surface area contributed by atoms with Gasteiger partial charge in [0.2, 0.25) is 0 Å². The van der Waals surface area contributed by atoms with Gasteiger partial charge in [-0.25, -0.2) is 0 Å². The number of quaternary nitrogens is 2. The van der Waals surface area contributed by atoms with Crippen molar-refractivity contribution < 1.29 is 28.8 Å². The second-order valence-corrected chi connectivity index (χ2v) is 14.8. The number of nitrogens with zero attached hydrogens (tertiary/aromatic N) is 4. The molecule has 12 heteroatoms. The zero-order valence-electron chi connectivity index (χ0n) is 18.0. The monoisotopic (exact) mass is 554 g/mol. The van der Waals surface area contributed by atoms with E-state index in [4.69, 9.17) is 0 Å². The average molecular weight is 552 g/mol. The van der Waals surface area contributed by atoms with Crippen LogP contribution in [0.15, 0.2) is 12.7 Å². The summed E-state index contributed by atoms with van der Waals surface area (Å²) in [7, 11) is 11.2. The molecule has 10 nitrogen and oxygen atoms in total. The standard InChI is InChI=1S/C18H28N6O4Se2/c1-23(2,3)13(17(25)26)7-11-15(21-9-19-11)29-30-16-12(20-10-22-16)8-14(18(27)28)24(4,5)6/h9-10,13-14H,7-8H2,1-6H3,(H2-2,19,20,21,22,25,26,27,28)/p+2. The van der Waals surface area contributed by atoms with E-state index < -0.39 is 24.0 Å². The number of aromatic amines is 2. The van der Waals surface area contributed by atoms with Crippen molar-refractivity contribution in [2.45, 2.75) is 24.9 Å². The third-order valence-electron chi connectivity index (χ3n) is 4.79. The molecule has 2 rings (SSSR count). The van der Waals surface area contributed by atoms with Gasteiger partial charge in [0.1, 0.15) is 0 Å². The summed E-state index contributed by atoms with van der Waals surface area (Å²) in [6.45, 7) is 0. The molecule has 0 aliphatic heterocycles. The molecule has 2 unspecified atom stereocenters. The van der Waals surface area contributed by atoms with Crippen LogP contribution in [0, 0.1) is 0 Å². The van der Waals surface area contributed by atoms with Crippen LogP contribution in [0.25, 0.3) is 0 Å². The molecule has 0 saturated heterocycles. The van der Waals surface area contributed by atoms with Crippen molar-refractivity contribution in [3.8, 4) is 0 Å². The Morgan fingerprint density at radius 1 is 0.833 bits per heavy atom. The van der Waals surface area contributed by atoms with Gasteiger partial charge in [-0.15, -0.1) is 0 Å². The van der Waals surface area contributed by atoms with Gasteiger partial charge in [-0.3, -0.25) is 0 Å². The van der Waals surface area contributed by atoms with Crippen LogP contribution >= 0.6 is 0 Å². The van der Waals surface area contributed by atoms with Gasteiger partial charge in [-0.05, 0) is 0 Å². The van der Waals surface area contributed by atoms with Crippen molar-refractivity contribution >= 4 is 47.4 Å². The molecule has 0 fully saturated rings. The van der Waals surface area contributed by atoms with E-state index in [2.05, 4.69) is 19.9 Å². The number of imidazole rings is 2. The van der Waals surface area contributed by atoms with Crippen molar-refractivity contribution in [2.24, 2.45) is 0 Å². The summed E-state index contributed by atoms with van der Waals surface area (Å²) in [6.07, 6.45) is 3.98. The second-order valence-electron chi connectivity index (χ2n) is 8.89. The van der Waals surface area contributed by atoms with E-state index in [9.17, 15) is 19.8 Å². The fourth-order valence-corrected chi connectivity index (χ4v) is 9.51. The fourth-order valence-electron chi connectivity index (χ4n) is 2.90. The topological polar surface area (TPSA) is 132 Å². The van der Waals surface area contributed by atoms with E-state index in [1.807, 2.05) is 42.3 Å². The van der Waals surface area contributed by atoms with E-state index in [0.717, 1.165) is 20.6 Å². The maximum absolute atomic E-state index is 11.7. The Kier molecular flexibility index (Phi) is 7.90. The molecular formula is C18H30N6O4Se2+2. The van der Waals surface area contributed by atoms with Gasteiger partial charge in [-0.2, -0.15) is 0 Å². The third-order valence-corrected chi connectivity index (χ3v) is 11.5. The summed E-state index contributed by atoms with van der Waals surface area (Å²) >= 11 is -0.00888. The van der Waals surface area contributed by atoms with E-state index >= 15 is 0 Å². The summed E-state index contributed by atoms with van der Waals surface area (Å²) in [5.41, 5.74) is 1.70. The van der Waals surface area contributed by atoms with Crippen LogP contribution in [0.1, 0.15) is 11.4 Å². The molecule has 4 N–H and O–H groups in total. The number of hydrogen-bond acceptors (Lipinski definition) is 4. The first-order chi connectivity index (χ1) is 13.8. The Morgan fingerprint density at radius 3 is 1.43 bits per heavy atom. The molecule has 2 atom stereocenters. The number of carbonyl (C=O) groups is 2. The molecule has 0 aliphatic carbocycles. The number of aliphatic carboxylic acids is 2. The van der Waals surface area contributed by atoms with Crippen molar-refractivity contribution in [2.75, 3.05) is 42.3 Å². The minimum atomic E-state index is -0.837. The van der Waals surface area contributed by atoms with E-state index in [-0.39, 0.29) is 26.3 Å². The minimum absolute atomic E-state index is 0.00444. The number of carboxylic acid groups (broad SMARTS) is 2. The molecular weight excluding hydrogens is 522 g/mol. The Labute approximate surface area is 187 Å². The molecule has 0 saturated carbocycles. The van der Waals surface area contributed by atoms with Crippen LogP contribution in [-0.2, 0) is 22.4 Å². The SMILES string of the molecule is C[N+](C)(C)C(Cc1[nH]cnc1[Se][Se]c1nc[nH]c1CC(C(=O)O)[N+](C)(C)C)C(=O)O. The zero-order chi connectivity index (χ0) is 22.7. The first-order valence-corrected chi connectivity index (χ1v) is 15.3. The summed E-state index contributed by atoms with van der Waals surface area (Å²) in [4.78, 5) is 38.5. The Hall–Kier alpha value is -1.68. The van der Waals surface area contributed by atoms with Gasteiger partial charge >= 0.3 is 187 Å². The van der Waals surface area contributed by atoms with Crippen molar-refractivity contribution in [1.29, 1.82) is 0 Å². The first-order valence-electron chi connectivity index (χ1n) is 9.27. The third kappa shape index (κ3) is 6.41. The van der Waals surface area contributed by atoms with Crippen LogP contribution < -0.4 is 9.18 Å². The quantitative estimate of drug-likeness (QED) is 0.185. The number of hydrogen-bond donors (Lipinski definition) is 4. The number of likely N-dealkylation sites (N-methyl/N-ethyl adjacent to an activating group) is 2. The van der Waals surface area contributed by atoms with Gasteiger partial charge in [0, 0.05) is 0 Å². The van der Waals surface area contributed by atoms with Crippen molar-refractivity contribution in [3.63, 3.8) is 0 Å². The predicted molar refractivity (Wildman–Crippen MR) is 114 cm³/mol. The summed E-state index contributed by atoms with van der Waals surface area (Å²) in [6, 6.07) is -1.15. The van der Waals surface area contributed by atoms with Crippen LogP contribution in [0.2, 0.25) is 0 Å². The Balaban J connectivity index is 2.12. The molecule has 2 heterocycles. The van der Waals surface area contributed by atoms with Gasteiger partial charge < -0.3 is 0 Å². The number of aromatic nitrogens is 4. The van der Waals surface area contributed by atoms with Crippen LogP contribution in [0.4, 0.5) is 0 Å². The zero-order valence-corrected chi connectivity index (χ0v) is 21.5. The van der Waals surface area contributed by atoms with Crippen LogP contribution in [-0.4, -0.2) is 132 Å².